The second kappa shape index (κ2) is 3.99. The van der Waals surface area contributed by atoms with Gasteiger partial charge in [0.25, 0.3) is 0 Å². The summed E-state index contributed by atoms with van der Waals surface area (Å²) < 4.78 is 3.51. The van der Waals surface area contributed by atoms with Crippen LogP contribution in [-0.4, -0.2) is 47.3 Å². The average molecular weight is 126 g/mol. The van der Waals surface area contributed by atoms with Crippen LogP contribution in [0.15, 0.2) is 11.6 Å². The Balaban J connectivity index is 0.000000250. The maximum atomic E-state index is 3.51. The SMILES string of the molecule is [Ca].c1csnn1. The Morgan fingerprint density at radius 3 is 2.50 bits per heavy atom. The summed E-state index contributed by atoms with van der Waals surface area (Å²) in [5.41, 5.74) is 0. The molecule has 0 atom stereocenters. The van der Waals surface area contributed by atoms with Crippen molar-refractivity contribution in [3.8, 4) is 0 Å². The normalized spacial score (nSPS) is 6.67. The van der Waals surface area contributed by atoms with E-state index in [9.17, 15) is 0 Å². The fourth-order valence-corrected chi connectivity index (χ4v) is 0.408. The molecular formula is C2H2CaN2S. The molecule has 1 rings (SSSR count). The molecule has 0 aliphatic carbocycles. The molecule has 0 aliphatic rings. The minimum atomic E-state index is 0. The third-order valence-corrected chi connectivity index (χ3v) is 0.715. The van der Waals surface area contributed by atoms with E-state index >= 15 is 0 Å². The van der Waals surface area contributed by atoms with Crippen LogP contribution in [0.5, 0.6) is 0 Å². The molecule has 28 valence electrons. The molecule has 0 amide bonds. The predicted molar refractivity (Wildman–Crippen MR) is 25.7 cm³/mol. The number of hydrogen-bond acceptors (Lipinski definition) is 3. The van der Waals surface area contributed by atoms with Crippen molar-refractivity contribution in [2.24, 2.45) is 0 Å². The van der Waals surface area contributed by atoms with Crippen molar-refractivity contribution < 1.29 is 0 Å². The van der Waals surface area contributed by atoms with Crippen molar-refractivity contribution in [2.45, 2.75) is 0 Å². The molecule has 0 spiro atoms. The third-order valence-electron chi connectivity index (χ3n) is 0.283. The molecular weight excluding hydrogens is 124 g/mol. The molecule has 2 nitrogen and oxygen atoms in total. The predicted octanol–water partition coefficient (Wildman–Crippen LogP) is 0.157. The van der Waals surface area contributed by atoms with E-state index in [2.05, 4.69) is 9.59 Å². The van der Waals surface area contributed by atoms with Gasteiger partial charge in [-0.1, -0.05) is 4.49 Å². The van der Waals surface area contributed by atoms with Crippen LogP contribution in [0.3, 0.4) is 0 Å². The van der Waals surface area contributed by atoms with E-state index in [-0.39, 0.29) is 37.7 Å². The first-order valence-electron chi connectivity index (χ1n) is 1.21. The first-order chi connectivity index (χ1) is 2.50. The summed E-state index contributed by atoms with van der Waals surface area (Å²) in [6, 6.07) is 0. The Hall–Kier alpha value is 0.820. The summed E-state index contributed by atoms with van der Waals surface area (Å²) in [4.78, 5) is 0. The van der Waals surface area contributed by atoms with Gasteiger partial charge in [-0.05, 0) is 11.5 Å². The zero-order valence-corrected chi connectivity index (χ0v) is 6.19. The van der Waals surface area contributed by atoms with Crippen LogP contribution in [0.2, 0.25) is 0 Å². The van der Waals surface area contributed by atoms with Gasteiger partial charge in [0.05, 0.1) is 6.20 Å². The molecule has 1 heterocycles. The van der Waals surface area contributed by atoms with Crippen molar-refractivity contribution in [1.82, 2.24) is 9.59 Å². The van der Waals surface area contributed by atoms with Crippen LogP contribution < -0.4 is 0 Å². The summed E-state index contributed by atoms with van der Waals surface area (Å²) >= 11 is 1.35. The van der Waals surface area contributed by atoms with Crippen LogP contribution in [0.25, 0.3) is 0 Å². The van der Waals surface area contributed by atoms with Gasteiger partial charge >= 0.3 is 0 Å². The molecule has 0 unspecified atom stereocenters. The Morgan fingerprint density at radius 2 is 2.33 bits per heavy atom. The van der Waals surface area contributed by atoms with Gasteiger partial charge in [-0.15, -0.1) is 5.10 Å². The van der Waals surface area contributed by atoms with Gasteiger partial charge in [-0.2, -0.15) is 0 Å². The average Bonchev–Trinajstić information content (AvgIpc) is 1.76. The minimum Gasteiger partial charge on any atom is -0.147 e. The summed E-state index contributed by atoms with van der Waals surface area (Å²) in [6.07, 6.45) is 1.66. The summed E-state index contributed by atoms with van der Waals surface area (Å²) in [6.45, 7) is 0. The maximum absolute atomic E-state index is 3.51. The summed E-state index contributed by atoms with van der Waals surface area (Å²) in [5.74, 6) is 0. The zero-order chi connectivity index (χ0) is 3.54. The number of hydrogen-bond donors (Lipinski definition) is 0. The molecule has 2 radical (unpaired) electrons. The van der Waals surface area contributed by atoms with E-state index in [1.54, 1.807) is 6.20 Å². The van der Waals surface area contributed by atoms with Crippen LogP contribution in [0, 0.1) is 0 Å². The van der Waals surface area contributed by atoms with Crippen molar-refractivity contribution in [1.29, 1.82) is 0 Å². The van der Waals surface area contributed by atoms with Crippen LogP contribution in [0.1, 0.15) is 0 Å². The largest absolute Gasteiger partial charge is 0.147 e. The smallest absolute Gasteiger partial charge is 0.0620 e. The van der Waals surface area contributed by atoms with Gasteiger partial charge in [0.2, 0.25) is 0 Å². The number of rotatable bonds is 0. The molecule has 0 N–H and O–H groups in total. The van der Waals surface area contributed by atoms with Gasteiger partial charge in [0, 0.05) is 43.1 Å². The van der Waals surface area contributed by atoms with Gasteiger partial charge < -0.3 is 0 Å². The molecule has 0 saturated heterocycles. The fraction of sp³-hybridized carbons (Fsp3) is 0. The van der Waals surface area contributed by atoms with E-state index in [1.165, 1.54) is 11.5 Å². The Morgan fingerprint density at radius 1 is 1.50 bits per heavy atom. The van der Waals surface area contributed by atoms with Crippen molar-refractivity contribution >= 4 is 49.3 Å². The second-order valence-corrected chi connectivity index (χ2v) is 1.23. The molecule has 0 saturated carbocycles. The topological polar surface area (TPSA) is 25.8 Å². The molecule has 1 aromatic heterocycles. The Labute approximate surface area is 69.7 Å². The first-order valence-corrected chi connectivity index (χ1v) is 2.05. The van der Waals surface area contributed by atoms with Crippen molar-refractivity contribution in [3.05, 3.63) is 11.6 Å². The van der Waals surface area contributed by atoms with Gasteiger partial charge in [-0.25, -0.2) is 0 Å². The molecule has 0 aliphatic heterocycles. The van der Waals surface area contributed by atoms with Crippen LogP contribution in [-0.2, 0) is 0 Å². The van der Waals surface area contributed by atoms with Crippen molar-refractivity contribution in [2.75, 3.05) is 0 Å². The first kappa shape index (κ1) is 6.82. The molecule has 0 fully saturated rings. The summed E-state index contributed by atoms with van der Waals surface area (Å²) in [5, 5.41) is 5.31. The monoisotopic (exact) mass is 126 g/mol. The molecule has 0 aromatic carbocycles. The van der Waals surface area contributed by atoms with Gasteiger partial charge in [0.15, 0.2) is 0 Å². The quantitative estimate of drug-likeness (QED) is 0.463. The van der Waals surface area contributed by atoms with E-state index in [1.807, 2.05) is 5.38 Å². The minimum absolute atomic E-state index is 0. The Bertz CT molecular complexity index is 68.0. The maximum Gasteiger partial charge on any atom is 0.0620 e. The molecule has 6 heavy (non-hydrogen) atoms. The number of nitrogens with zero attached hydrogens (tertiary/aromatic N) is 2. The van der Waals surface area contributed by atoms with Crippen LogP contribution >= 0.6 is 11.5 Å². The van der Waals surface area contributed by atoms with E-state index in [0.29, 0.717) is 0 Å². The molecule has 4 heteroatoms. The fourth-order valence-electron chi connectivity index (χ4n) is 0.136. The second-order valence-electron chi connectivity index (χ2n) is 0.588. The van der Waals surface area contributed by atoms with Gasteiger partial charge in [0.1, 0.15) is 0 Å². The Kier molecular flexibility index (Phi) is 4.54. The molecule has 1 aromatic rings. The summed E-state index contributed by atoms with van der Waals surface area (Å²) in [7, 11) is 0. The van der Waals surface area contributed by atoms with Gasteiger partial charge in [-0.3, -0.25) is 0 Å². The van der Waals surface area contributed by atoms with E-state index in [4.69, 9.17) is 0 Å². The van der Waals surface area contributed by atoms with E-state index < -0.39 is 0 Å². The van der Waals surface area contributed by atoms with Crippen LogP contribution in [0.4, 0.5) is 0 Å². The number of aromatic nitrogens is 2. The standard InChI is InChI=1S/C2H2N2S.Ca/c1-2-5-4-3-1;/h1-2H;. The van der Waals surface area contributed by atoms with Crippen molar-refractivity contribution in [3.63, 3.8) is 0 Å². The third kappa shape index (κ3) is 2.08. The molecule has 0 bridgehead atoms. The zero-order valence-electron chi connectivity index (χ0n) is 3.16. The van der Waals surface area contributed by atoms with E-state index in [0.717, 1.165) is 0 Å².